The summed E-state index contributed by atoms with van der Waals surface area (Å²) in [7, 11) is 0. The summed E-state index contributed by atoms with van der Waals surface area (Å²) >= 11 is 0. The molecule has 224 valence electrons. The van der Waals surface area contributed by atoms with Crippen molar-refractivity contribution in [2.24, 2.45) is 0 Å². The van der Waals surface area contributed by atoms with Crippen molar-refractivity contribution in [1.29, 1.82) is 0 Å². The zero-order valence-corrected chi connectivity index (χ0v) is 23.3. The van der Waals surface area contributed by atoms with Crippen molar-refractivity contribution in [1.82, 2.24) is 0 Å². The lowest BCUT2D eigenvalue weighted by molar-refractivity contribution is -0.404. The predicted molar refractivity (Wildman–Crippen MR) is 149 cm³/mol. The topological polar surface area (TPSA) is 92.3 Å². The molecule has 3 aliphatic heterocycles. The fraction of sp³-hybridized carbons (Fsp3) is 0.600. The lowest BCUT2D eigenvalue weighted by Crippen LogP contribution is -2.63. The monoisotopic (exact) mass is 564 g/mol. The molecule has 3 heterocycles. The van der Waals surface area contributed by atoms with Gasteiger partial charge in [0.15, 0.2) is 0 Å². The lowest BCUT2D eigenvalue weighted by atomic mass is 10.0. The Kier molecular flexibility index (Phi) is 13.4. The average molecular weight is 565 g/mol. The van der Waals surface area contributed by atoms with Gasteiger partial charge in [0.1, 0.15) is 49.8 Å². The van der Waals surface area contributed by atoms with Gasteiger partial charge in [-0.25, -0.2) is 0 Å². The summed E-state index contributed by atoms with van der Waals surface area (Å²) in [5, 5.41) is 0. The highest BCUT2D eigenvalue weighted by atomic mass is 16.8. The third-order valence-corrected chi connectivity index (χ3v) is 6.57. The Morgan fingerprint density at radius 1 is 0.525 bits per heavy atom. The van der Waals surface area contributed by atoms with Crippen LogP contribution in [0, 0.1) is 0 Å². The maximum absolute atomic E-state index is 6.51. The highest BCUT2D eigenvalue weighted by Gasteiger charge is 2.66. The fourth-order valence-corrected chi connectivity index (χ4v) is 4.99. The second-order valence-electron chi connectivity index (χ2n) is 9.42. The van der Waals surface area contributed by atoms with Crippen molar-refractivity contribution in [3.63, 3.8) is 0 Å². The van der Waals surface area contributed by atoms with Crippen molar-refractivity contribution < 1.29 is 47.4 Å². The zero-order valence-electron chi connectivity index (χ0n) is 23.3. The van der Waals surface area contributed by atoms with Crippen molar-refractivity contribution in [3.05, 3.63) is 75.9 Å². The van der Waals surface area contributed by atoms with Crippen LogP contribution in [-0.4, -0.2) is 114 Å². The third-order valence-electron chi connectivity index (χ3n) is 6.57. The molecule has 2 spiro atoms. The van der Waals surface area contributed by atoms with Crippen LogP contribution in [0.25, 0.3) is 0 Å². The van der Waals surface area contributed by atoms with Gasteiger partial charge in [-0.15, -0.1) is 39.5 Å². The Morgan fingerprint density at radius 3 is 1.20 bits per heavy atom. The van der Waals surface area contributed by atoms with E-state index in [0.29, 0.717) is 13.2 Å². The molecule has 0 unspecified atom stereocenters. The molecule has 0 amide bonds. The van der Waals surface area contributed by atoms with E-state index in [1.807, 2.05) is 0 Å². The molecule has 8 atom stereocenters. The van der Waals surface area contributed by atoms with Gasteiger partial charge in [0, 0.05) is 0 Å². The summed E-state index contributed by atoms with van der Waals surface area (Å²) in [5.41, 5.74) is 0. The molecule has 0 bridgehead atoms. The van der Waals surface area contributed by atoms with Gasteiger partial charge in [0.2, 0.25) is 11.6 Å². The second kappa shape index (κ2) is 16.5. The van der Waals surface area contributed by atoms with Crippen molar-refractivity contribution >= 4 is 0 Å². The zero-order chi connectivity index (χ0) is 28.8. The molecular weight excluding hydrogens is 520 g/mol. The Balaban J connectivity index is 1.86. The minimum Gasteiger partial charge on any atom is -0.375 e. The molecule has 0 aliphatic carbocycles. The SMILES string of the molecule is C=CCOC[C@H]1O[C@@]2(CO[C@@]3(CO2)O[C@H](COCC=C)[C@@H](OCC=C)[C@@H]3OCC=C)[C@@H](OCC=C)[C@@H]1OCC=C. The minimum atomic E-state index is -1.30. The molecule has 0 radical (unpaired) electrons. The highest BCUT2D eigenvalue weighted by molar-refractivity contribution is 5.06. The van der Waals surface area contributed by atoms with E-state index < -0.39 is 48.2 Å². The van der Waals surface area contributed by atoms with Crippen LogP contribution in [0.2, 0.25) is 0 Å². The Labute approximate surface area is 237 Å². The molecule has 3 aliphatic rings. The standard InChI is InChI=1S/C30H44O10/c1-7-13-31-19-23-25(33-15-9-3)27(35-17-11-5)29(39-23)21-38-30(22-37-29)28(36-18-12-6)26(34-16-10-4)24(40-30)20-32-14-8-2/h7-12,23-28H,1-6,13-22H2/t23-,24-,25-,26-,27+,28+,29+,30+/m1/s1. The number of hydrogen-bond donors (Lipinski definition) is 0. The van der Waals surface area contributed by atoms with Crippen LogP contribution < -0.4 is 0 Å². The molecule has 0 aromatic heterocycles. The van der Waals surface area contributed by atoms with Gasteiger partial charge < -0.3 is 47.4 Å². The van der Waals surface area contributed by atoms with Crippen LogP contribution in [0.3, 0.4) is 0 Å². The first-order valence-corrected chi connectivity index (χ1v) is 13.5. The normalized spacial score (nSPS) is 35.1. The molecule has 0 aromatic carbocycles. The van der Waals surface area contributed by atoms with Crippen LogP contribution in [0.15, 0.2) is 75.9 Å². The predicted octanol–water partition coefficient (Wildman–Crippen LogP) is 2.91. The molecule has 40 heavy (non-hydrogen) atoms. The van der Waals surface area contributed by atoms with Crippen LogP contribution in [0.5, 0.6) is 0 Å². The molecule has 0 saturated carbocycles. The van der Waals surface area contributed by atoms with Crippen LogP contribution in [0.4, 0.5) is 0 Å². The molecule has 10 nitrogen and oxygen atoms in total. The highest BCUT2D eigenvalue weighted by Crippen LogP contribution is 2.46. The maximum Gasteiger partial charge on any atom is 0.222 e. The largest absolute Gasteiger partial charge is 0.375 e. The Morgan fingerprint density at radius 2 is 0.875 bits per heavy atom. The van der Waals surface area contributed by atoms with Gasteiger partial charge in [-0.2, -0.15) is 0 Å². The molecule has 0 N–H and O–H groups in total. The van der Waals surface area contributed by atoms with Crippen molar-refractivity contribution in [2.45, 2.75) is 48.2 Å². The Hall–Kier alpha value is -1.96. The summed E-state index contributed by atoms with van der Waals surface area (Å²) < 4.78 is 61.9. The van der Waals surface area contributed by atoms with E-state index in [4.69, 9.17) is 47.4 Å². The fourth-order valence-electron chi connectivity index (χ4n) is 4.99. The van der Waals surface area contributed by atoms with E-state index in [9.17, 15) is 0 Å². The smallest absolute Gasteiger partial charge is 0.222 e. The van der Waals surface area contributed by atoms with Crippen LogP contribution in [-0.2, 0) is 47.4 Å². The van der Waals surface area contributed by atoms with Crippen LogP contribution >= 0.6 is 0 Å². The molecule has 3 saturated heterocycles. The van der Waals surface area contributed by atoms with E-state index in [0.717, 1.165) is 0 Å². The van der Waals surface area contributed by atoms with Crippen molar-refractivity contribution in [2.75, 3.05) is 66.1 Å². The quantitative estimate of drug-likeness (QED) is 0.162. The van der Waals surface area contributed by atoms with E-state index in [-0.39, 0.29) is 52.9 Å². The van der Waals surface area contributed by atoms with Gasteiger partial charge in [0.25, 0.3) is 0 Å². The minimum absolute atomic E-state index is 0.0386. The lowest BCUT2D eigenvalue weighted by Gasteiger charge is -2.46. The third kappa shape index (κ3) is 7.65. The van der Waals surface area contributed by atoms with E-state index in [1.165, 1.54) is 0 Å². The first kappa shape index (κ1) is 32.6. The molecule has 3 fully saturated rings. The first-order chi connectivity index (χ1) is 19.5. The summed E-state index contributed by atoms with van der Waals surface area (Å²) in [6, 6.07) is 0. The average Bonchev–Trinajstić information content (AvgIpc) is 3.41. The Bertz CT molecular complexity index is 768. The van der Waals surface area contributed by atoms with Gasteiger partial charge in [-0.1, -0.05) is 36.5 Å². The van der Waals surface area contributed by atoms with E-state index >= 15 is 0 Å². The van der Waals surface area contributed by atoms with Gasteiger partial charge in [0.05, 0.1) is 52.9 Å². The number of rotatable bonds is 20. The maximum atomic E-state index is 6.51. The summed E-state index contributed by atoms with van der Waals surface area (Å²) in [6.07, 6.45) is 6.58. The molecule has 10 heteroatoms. The van der Waals surface area contributed by atoms with Gasteiger partial charge in [-0.05, 0) is 0 Å². The molecular formula is C30H44O10. The van der Waals surface area contributed by atoms with E-state index in [2.05, 4.69) is 39.5 Å². The van der Waals surface area contributed by atoms with E-state index in [1.54, 1.807) is 36.5 Å². The van der Waals surface area contributed by atoms with Crippen molar-refractivity contribution in [3.8, 4) is 0 Å². The van der Waals surface area contributed by atoms with Gasteiger partial charge in [-0.3, -0.25) is 0 Å². The first-order valence-electron chi connectivity index (χ1n) is 13.5. The molecule has 3 rings (SSSR count). The summed E-state index contributed by atoms with van der Waals surface area (Å²) in [4.78, 5) is 0. The number of hydrogen-bond acceptors (Lipinski definition) is 10. The summed E-state index contributed by atoms with van der Waals surface area (Å²) in [5.74, 6) is -2.60. The second-order valence-corrected chi connectivity index (χ2v) is 9.42. The van der Waals surface area contributed by atoms with Gasteiger partial charge >= 0.3 is 0 Å². The summed E-state index contributed by atoms with van der Waals surface area (Å²) in [6.45, 7) is 24.7. The van der Waals surface area contributed by atoms with Crippen LogP contribution in [0.1, 0.15) is 0 Å². The molecule has 0 aromatic rings. The number of ether oxygens (including phenoxy) is 10.